The summed E-state index contributed by atoms with van der Waals surface area (Å²) in [5.74, 6) is 6.25. The van der Waals surface area contributed by atoms with Gasteiger partial charge in [0.2, 0.25) is 0 Å². The van der Waals surface area contributed by atoms with Crippen LogP contribution in [0, 0.1) is 11.8 Å². The first-order chi connectivity index (χ1) is 8.97. The molecule has 0 aromatic heterocycles. The van der Waals surface area contributed by atoms with Crippen molar-refractivity contribution in [2.24, 2.45) is 0 Å². The van der Waals surface area contributed by atoms with Crippen molar-refractivity contribution in [3.05, 3.63) is 35.4 Å². The third-order valence-electron chi connectivity index (χ3n) is 2.83. The molecule has 1 atom stereocenters. The molecular weight excluding hydrogens is 277 g/mol. The second kappa shape index (κ2) is 7.80. The van der Waals surface area contributed by atoms with Crippen LogP contribution in [0.4, 0.5) is 0 Å². The van der Waals surface area contributed by atoms with Gasteiger partial charge in [0.1, 0.15) is 10.4 Å². The molecule has 0 spiro atoms. The summed E-state index contributed by atoms with van der Waals surface area (Å²) in [4.78, 5) is 0. The van der Waals surface area contributed by atoms with Gasteiger partial charge in [0, 0.05) is 5.56 Å². The first kappa shape index (κ1) is 16.4. The predicted octanol–water partition coefficient (Wildman–Crippen LogP) is 4.16. The van der Waals surface area contributed by atoms with E-state index in [2.05, 4.69) is 43.1 Å². The fraction of sp³-hybridized carbons (Fsp3) is 0.500. The highest BCUT2D eigenvalue weighted by Gasteiger charge is 2.27. The summed E-state index contributed by atoms with van der Waals surface area (Å²) in [5, 5.41) is 3.26. The second-order valence-electron chi connectivity index (χ2n) is 4.66. The maximum Gasteiger partial charge on any atom is 0.141 e. The lowest BCUT2D eigenvalue weighted by molar-refractivity contribution is 0.566. The molecule has 0 bridgehead atoms. The van der Waals surface area contributed by atoms with Gasteiger partial charge < -0.3 is 5.32 Å². The number of aryl methyl sites for hydroxylation is 1. The van der Waals surface area contributed by atoms with Crippen molar-refractivity contribution in [3.8, 4) is 11.8 Å². The fourth-order valence-electron chi connectivity index (χ4n) is 1.62. The van der Waals surface area contributed by atoms with Gasteiger partial charge in [-0.15, -0.1) is 0 Å². The molecule has 0 radical (unpaired) electrons. The lowest BCUT2D eigenvalue weighted by atomic mass is 10.1. The number of halogens is 2. The molecule has 1 unspecified atom stereocenters. The lowest BCUT2D eigenvalue weighted by Gasteiger charge is -2.22. The zero-order valence-electron chi connectivity index (χ0n) is 11.8. The molecule has 3 heteroatoms. The Hall–Kier alpha value is -0.680. The Morgan fingerprint density at radius 1 is 1.21 bits per heavy atom. The Kier molecular flexibility index (Phi) is 6.72. The maximum atomic E-state index is 6.15. The Morgan fingerprint density at radius 3 is 2.32 bits per heavy atom. The van der Waals surface area contributed by atoms with Gasteiger partial charge in [-0.05, 0) is 44.0 Å². The van der Waals surface area contributed by atoms with Gasteiger partial charge in [0.15, 0.2) is 0 Å². The zero-order valence-corrected chi connectivity index (χ0v) is 13.3. The highest BCUT2D eigenvalue weighted by molar-refractivity contribution is 6.48. The predicted molar refractivity (Wildman–Crippen MR) is 84.9 cm³/mol. The molecule has 0 aliphatic heterocycles. The van der Waals surface area contributed by atoms with Crippen molar-refractivity contribution in [2.75, 3.05) is 6.54 Å². The molecule has 0 saturated heterocycles. The van der Waals surface area contributed by atoms with Crippen LogP contribution in [0.1, 0.15) is 38.3 Å². The third-order valence-corrected chi connectivity index (χ3v) is 3.26. The molecule has 0 saturated carbocycles. The Morgan fingerprint density at radius 2 is 1.84 bits per heavy atom. The van der Waals surface area contributed by atoms with Gasteiger partial charge in [-0.1, -0.05) is 61.0 Å². The highest BCUT2D eigenvalue weighted by atomic mass is 35.5. The standard InChI is InChI=1S/C16H21Cl2N/c1-4-12-19-15(16(3,17)18)11-10-14-8-6-13(5-2)7-9-14/h6-9,15,19H,4-5,12H2,1-3H3. The molecule has 0 aliphatic carbocycles. The van der Waals surface area contributed by atoms with Gasteiger partial charge in [0.05, 0.1) is 0 Å². The molecule has 1 nitrogen and oxygen atoms in total. The minimum absolute atomic E-state index is 0.235. The van der Waals surface area contributed by atoms with Crippen LogP contribution in [0.3, 0.4) is 0 Å². The van der Waals surface area contributed by atoms with E-state index in [9.17, 15) is 0 Å². The van der Waals surface area contributed by atoms with Gasteiger partial charge in [-0.25, -0.2) is 0 Å². The van der Waals surface area contributed by atoms with Crippen LogP contribution in [0.5, 0.6) is 0 Å². The molecule has 1 aromatic rings. The monoisotopic (exact) mass is 297 g/mol. The first-order valence-electron chi connectivity index (χ1n) is 6.69. The molecule has 0 heterocycles. The summed E-state index contributed by atoms with van der Waals surface area (Å²) >= 11 is 12.3. The molecule has 1 rings (SSSR count). The van der Waals surface area contributed by atoms with Crippen molar-refractivity contribution in [2.45, 2.75) is 44.0 Å². The first-order valence-corrected chi connectivity index (χ1v) is 7.44. The molecule has 104 valence electrons. The largest absolute Gasteiger partial charge is 0.301 e. The molecule has 0 aliphatic rings. The zero-order chi connectivity index (χ0) is 14.3. The fourth-order valence-corrected chi connectivity index (χ4v) is 1.89. The number of alkyl halides is 2. The minimum atomic E-state index is -0.897. The van der Waals surface area contributed by atoms with E-state index in [1.165, 1.54) is 5.56 Å². The molecule has 1 aromatic carbocycles. The van der Waals surface area contributed by atoms with Crippen molar-refractivity contribution in [1.82, 2.24) is 5.32 Å². The van der Waals surface area contributed by atoms with Gasteiger partial charge in [-0.3, -0.25) is 0 Å². The summed E-state index contributed by atoms with van der Waals surface area (Å²) in [6.45, 7) is 6.85. The average molecular weight is 298 g/mol. The van der Waals surface area contributed by atoms with Crippen LogP contribution in [0.2, 0.25) is 0 Å². The van der Waals surface area contributed by atoms with Crippen LogP contribution < -0.4 is 5.32 Å². The maximum absolute atomic E-state index is 6.15. The van der Waals surface area contributed by atoms with Crippen molar-refractivity contribution in [3.63, 3.8) is 0 Å². The number of rotatable bonds is 5. The molecule has 0 amide bonds. The topological polar surface area (TPSA) is 12.0 Å². The van der Waals surface area contributed by atoms with E-state index in [1.54, 1.807) is 6.92 Å². The summed E-state index contributed by atoms with van der Waals surface area (Å²) < 4.78 is -0.897. The Balaban J connectivity index is 2.80. The van der Waals surface area contributed by atoms with E-state index < -0.39 is 4.33 Å². The van der Waals surface area contributed by atoms with E-state index in [0.717, 1.165) is 24.9 Å². The van der Waals surface area contributed by atoms with Gasteiger partial charge >= 0.3 is 0 Å². The van der Waals surface area contributed by atoms with Crippen molar-refractivity contribution >= 4 is 23.2 Å². The lowest BCUT2D eigenvalue weighted by Crippen LogP contribution is -2.40. The normalized spacial score (nSPS) is 12.7. The van der Waals surface area contributed by atoms with E-state index >= 15 is 0 Å². The number of benzene rings is 1. The van der Waals surface area contributed by atoms with Crippen molar-refractivity contribution in [1.29, 1.82) is 0 Å². The van der Waals surface area contributed by atoms with E-state index in [4.69, 9.17) is 23.2 Å². The molecule has 0 fully saturated rings. The molecular formula is C16H21Cl2N. The quantitative estimate of drug-likeness (QED) is 0.635. The summed E-state index contributed by atoms with van der Waals surface area (Å²) in [6.07, 6.45) is 2.06. The Bertz CT molecular complexity index is 435. The smallest absolute Gasteiger partial charge is 0.141 e. The van der Waals surface area contributed by atoms with Crippen LogP contribution in [-0.4, -0.2) is 16.9 Å². The number of nitrogens with one attached hydrogen (secondary N) is 1. The van der Waals surface area contributed by atoms with E-state index in [1.807, 2.05) is 12.1 Å². The number of hydrogen-bond donors (Lipinski definition) is 1. The third kappa shape index (κ3) is 5.87. The second-order valence-corrected chi connectivity index (χ2v) is 6.43. The summed E-state index contributed by atoms with van der Waals surface area (Å²) in [7, 11) is 0. The van der Waals surface area contributed by atoms with Crippen LogP contribution in [-0.2, 0) is 6.42 Å². The summed E-state index contributed by atoms with van der Waals surface area (Å²) in [5.41, 5.74) is 2.30. The highest BCUT2D eigenvalue weighted by Crippen LogP contribution is 2.24. The van der Waals surface area contributed by atoms with Crippen LogP contribution in [0.15, 0.2) is 24.3 Å². The van der Waals surface area contributed by atoms with E-state index in [-0.39, 0.29) is 6.04 Å². The van der Waals surface area contributed by atoms with Gasteiger partial charge in [0.25, 0.3) is 0 Å². The molecule has 1 N–H and O–H groups in total. The SMILES string of the molecule is CCCNC(C#Cc1ccc(CC)cc1)C(C)(Cl)Cl. The van der Waals surface area contributed by atoms with Crippen LogP contribution in [0.25, 0.3) is 0 Å². The average Bonchev–Trinajstić information content (AvgIpc) is 2.38. The van der Waals surface area contributed by atoms with E-state index in [0.29, 0.717) is 0 Å². The minimum Gasteiger partial charge on any atom is -0.301 e. The van der Waals surface area contributed by atoms with Gasteiger partial charge in [-0.2, -0.15) is 0 Å². The summed E-state index contributed by atoms with van der Waals surface area (Å²) in [6, 6.07) is 8.02. The van der Waals surface area contributed by atoms with Crippen molar-refractivity contribution < 1.29 is 0 Å². The van der Waals surface area contributed by atoms with Crippen LogP contribution >= 0.6 is 23.2 Å². The Labute approximate surface area is 126 Å². The number of hydrogen-bond acceptors (Lipinski definition) is 1. The molecule has 19 heavy (non-hydrogen) atoms.